The Labute approximate surface area is 111 Å². The summed E-state index contributed by atoms with van der Waals surface area (Å²) in [6.45, 7) is 1.42. The lowest BCUT2D eigenvalue weighted by molar-refractivity contribution is -0.117. The van der Waals surface area contributed by atoms with Crippen LogP contribution in [0.15, 0.2) is 30.3 Å². The predicted octanol–water partition coefficient (Wildman–Crippen LogP) is 0.942. The molecular weight excluding hydrogens is 247 g/mol. The number of ether oxygens (including phenoxy) is 1. The quantitative estimate of drug-likeness (QED) is 0.796. The summed E-state index contributed by atoms with van der Waals surface area (Å²) in [5.41, 5.74) is 0.656. The highest BCUT2D eigenvalue weighted by Crippen LogP contribution is 2.06. The molecule has 5 heteroatoms. The Balaban J connectivity index is 1.90. The summed E-state index contributed by atoms with van der Waals surface area (Å²) < 4.78 is 18.2. The molecule has 0 unspecified atom stereocenters. The van der Waals surface area contributed by atoms with Gasteiger partial charge < -0.3 is 15.4 Å². The molecule has 102 valence electrons. The van der Waals surface area contributed by atoms with Crippen molar-refractivity contribution < 1.29 is 13.9 Å². The van der Waals surface area contributed by atoms with Gasteiger partial charge in [-0.05, 0) is 23.8 Å². The van der Waals surface area contributed by atoms with Crippen LogP contribution in [0.3, 0.4) is 0 Å². The number of carbonyl (C=O) groups is 1. The second kappa shape index (κ2) is 6.45. The average Bonchev–Trinajstić information content (AvgIpc) is 2.84. The number of hydrogen-bond acceptors (Lipinski definition) is 3. The highest BCUT2D eigenvalue weighted by molar-refractivity contribution is 5.92. The monoisotopic (exact) mass is 264 g/mol. The van der Waals surface area contributed by atoms with Crippen LogP contribution in [0.4, 0.5) is 4.39 Å². The molecule has 1 saturated heterocycles. The van der Waals surface area contributed by atoms with Gasteiger partial charge in [-0.15, -0.1) is 0 Å². The van der Waals surface area contributed by atoms with Gasteiger partial charge in [-0.1, -0.05) is 12.1 Å². The minimum atomic E-state index is -0.318. The van der Waals surface area contributed by atoms with Crippen LogP contribution in [0, 0.1) is 5.82 Å². The Morgan fingerprint density at radius 1 is 1.53 bits per heavy atom. The minimum absolute atomic E-state index is 0.00785. The van der Waals surface area contributed by atoms with E-state index < -0.39 is 0 Å². The van der Waals surface area contributed by atoms with Crippen molar-refractivity contribution in [1.29, 1.82) is 0 Å². The highest BCUT2D eigenvalue weighted by atomic mass is 19.1. The van der Waals surface area contributed by atoms with Crippen molar-refractivity contribution >= 4 is 12.0 Å². The largest absolute Gasteiger partial charge is 0.378 e. The first-order valence-electron chi connectivity index (χ1n) is 6.16. The van der Waals surface area contributed by atoms with E-state index in [1.54, 1.807) is 25.3 Å². The Hall–Kier alpha value is -1.72. The number of hydrogen-bond donors (Lipinski definition) is 2. The van der Waals surface area contributed by atoms with E-state index in [2.05, 4.69) is 10.6 Å². The number of methoxy groups -OCH3 is 1. The van der Waals surface area contributed by atoms with E-state index in [4.69, 9.17) is 4.74 Å². The molecule has 0 spiro atoms. The molecule has 0 bridgehead atoms. The molecule has 2 atom stereocenters. The van der Waals surface area contributed by atoms with Gasteiger partial charge in [-0.2, -0.15) is 0 Å². The molecule has 0 aliphatic carbocycles. The van der Waals surface area contributed by atoms with Crippen molar-refractivity contribution in [3.8, 4) is 0 Å². The van der Waals surface area contributed by atoms with Gasteiger partial charge in [-0.3, -0.25) is 4.79 Å². The maximum Gasteiger partial charge on any atom is 0.244 e. The predicted molar refractivity (Wildman–Crippen MR) is 71.0 cm³/mol. The number of benzene rings is 1. The average molecular weight is 264 g/mol. The molecule has 1 aliphatic heterocycles. The highest BCUT2D eigenvalue weighted by Gasteiger charge is 2.27. The van der Waals surface area contributed by atoms with Crippen LogP contribution < -0.4 is 10.6 Å². The number of nitrogens with one attached hydrogen (secondary N) is 2. The molecule has 19 heavy (non-hydrogen) atoms. The third-order valence-electron chi connectivity index (χ3n) is 3.06. The molecule has 1 aromatic carbocycles. The lowest BCUT2D eigenvalue weighted by atomic mass is 10.2. The van der Waals surface area contributed by atoms with Gasteiger partial charge in [0.2, 0.25) is 5.91 Å². The lowest BCUT2D eigenvalue weighted by Crippen LogP contribution is -2.42. The number of amides is 1. The zero-order chi connectivity index (χ0) is 13.7. The summed E-state index contributed by atoms with van der Waals surface area (Å²) in [5, 5.41) is 6.00. The van der Waals surface area contributed by atoms with Gasteiger partial charge in [0.25, 0.3) is 0 Å². The van der Waals surface area contributed by atoms with Crippen LogP contribution in [-0.2, 0) is 9.53 Å². The molecule has 0 aromatic heterocycles. The van der Waals surface area contributed by atoms with Crippen molar-refractivity contribution in [1.82, 2.24) is 10.6 Å². The van der Waals surface area contributed by atoms with E-state index in [9.17, 15) is 9.18 Å². The maximum absolute atomic E-state index is 13.0. The van der Waals surface area contributed by atoms with Crippen molar-refractivity contribution in [2.75, 3.05) is 20.2 Å². The van der Waals surface area contributed by atoms with Crippen LogP contribution >= 0.6 is 0 Å². The van der Waals surface area contributed by atoms with E-state index in [0.29, 0.717) is 12.1 Å². The fourth-order valence-electron chi connectivity index (χ4n) is 2.06. The minimum Gasteiger partial charge on any atom is -0.378 e. The van der Waals surface area contributed by atoms with Crippen LogP contribution in [0.25, 0.3) is 6.08 Å². The molecule has 2 rings (SSSR count). The zero-order valence-electron chi connectivity index (χ0n) is 10.7. The number of halogens is 1. The molecule has 2 N–H and O–H groups in total. The summed E-state index contributed by atoms with van der Waals surface area (Å²) in [4.78, 5) is 11.7. The Morgan fingerprint density at radius 3 is 3.11 bits per heavy atom. The number of rotatable bonds is 4. The molecule has 4 nitrogen and oxygen atoms in total. The Kier molecular flexibility index (Phi) is 4.65. The van der Waals surface area contributed by atoms with Crippen LogP contribution in [-0.4, -0.2) is 38.3 Å². The van der Waals surface area contributed by atoms with Crippen molar-refractivity contribution in [2.45, 2.75) is 12.1 Å². The van der Waals surface area contributed by atoms with Crippen LogP contribution in [0.2, 0.25) is 0 Å². The van der Waals surface area contributed by atoms with Crippen LogP contribution in [0.1, 0.15) is 5.56 Å². The first-order chi connectivity index (χ1) is 9.19. The molecule has 1 aliphatic rings. The van der Waals surface area contributed by atoms with E-state index >= 15 is 0 Å². The molecule has 1 aromatic rings. The Morgan fingerprint density at radius 2 is 2.37 bits per heavy atom. The second-order valence-electron chi connectivity index (χ2n) is 4.44. The van der Waals surface area contributed by atoms with E-state index in [1.807, 2.05) is 0 Å². The molecule has 1 heterocycles. The SMILES string of the molecule is CO[C@H]1CNC[C@@H]1NC(=O)/C=C/c1cccc(F)c1. The van der Waals surface area contributed by atoms with Gasteiger partial charge in [0, 0.05) is 26.3 Å². The molecule has 0 radical (unpaired) electrons. The smallest absolute Gasteiger partial charge is 0.244 e. The van der Waals surface area contributed by atoms with Crippen molar-refractivity contribution in [2.24, 2.45) is 0 Å². The summed E-state index contributed by atoms with van der Waals surface area (Å²) in [5.74, 6) is -0.526. The van der Waals surface area contributed by atoms with Gasteiger partial charge >= 0.3 is 0 Å². The third kappa shape index (κ3) is 3.87. The van der Waals surface area contributed by atoms with E-state index in [1.165, 1.54) is 18.2 Å². The fraction of sp³-hybridized carbons (Fsp3) is 0.357. The van der Waals surface area contributed by atoms with E-state index in [0.717, 1.165) is 6.54 Å². The van der Waals surface area contributed by atoms with Crippen molar-refractivity contribution in [3.63, 3.8) is 0 Å². The molecule has 1 fully saturated rings. The standard InChI is InChI=1S/C14H17FN2O2/c1-19-13-9-16-8-12(13)17-14(18)6-5-10-3-2-4-11(15)7-10/h2-7,12-13,16H,8-9H2,1H3,(H,17,18)/b6-5+/t12-,13-/m0/s1. The molecule has 1 amide bonds. The van der Waals surface area contributed by atoms with Gasteiger partial charge in [0.05, 0.1) is 12.1 Å². The molecular formula is C14H17FN2O2. The fourth-order valence-corrected chi connectivity index (χ4v) is 2.06. The molecule has 0 saturated carbocycles. The van der Waals surface area contributed by atoms with Gasteiger partial charge in [0.15, 0.2) is 0 Å². The normalized spacial score (nSPS) is 22.8. The number of carbonyl (C=O) groups excluding carboxylic acids is 1. The van der Waals surface area contributed by atoms with E-state index in [-0.39, 0.29) is 23.9 Å². The second-order valence-corrected chi connectivity index (χ2v) is 4.44. The maximum atomic E-state index is 13.0. The van der Waals surface area contributed by atoms with Gasteiger partial charge in [-0.25, -0.2) is 4.39 Å². The summed E-state index contributed by atoms with van der Waals surface area (Å²) in [6.07, 6.45) is 2.98. The van der Waals surface area contributed by atoms with Gasteiger partial charge in [0.1, 0.15) is 5.82 Å². The topological polar surface area (TPSA) is 50.4 Å². The first-order valence-corrected chi connectivity index (χ1v) is 6.16. The summed E-state index contributed by atoms with van der Waals surface area (Å²) >= 11 is 0. The zero-order valence-corrected chi connectivity index (χ0v) is 10.7. The third-order valence-corrected chi connectivity index (χ3v) is 3.06. The first kappa shape index (κ1) is 13.7. The van der Waals surface area contributed by atoms with Crippen LogP contribution in [0.5, 0.6) is 0 Å². The summed E-state index contributed by atoms with van der Waals surface area (Å²) in [6, 6.07) is 6.05. The summed E-state index contributed by atoms with van der Waals surface area (Å²) in [7, 11) is 1.62. The lowest BCUT2D eigenvalue weighted by Gasteiger charge is -2.17. The Bertz CT molecular complexity index is 476. The van der Waals surface area contributed by atoms with Crippen molar-refractivity contribution in [3.05, 3.63) is 41.7 Å².